The molecule has 0 saturated carbocycles. The zero-order chi connectivity index (χ0) is 19.5. The quantitative estimate of drug-likeness (QED) is 0.840. The van der Waals surface area contributed by atoms with Crippen molar-refractivity contribution in [3.63, 3.8) is 0 Å². The molecule has 0 heterocycles. The van der Waals surface area contributed by atoms with Crippen molar-refractivity contribution in [2.45, 2.75) is 26.8 Å². The number of sulfonamides is 1. The Bertz CT molecular complexity index is 892. The minimum Gasteiger partial charge on any atom is -0.497 e. The third kappa shape index (κ3) is 4.54. The smallest absolute Gasteiger partial charge is 0.248 e. The highest BCUT2D eigenvalue weighted by atomic mass is 32.2. The molecule has 140 valence electrons. The molecule has 0 fully saturated rings. The van der Waals surface area contributed by atoms with Gasteiger partial charge < -0.3 is 10.1 Å². The Morgan fingerprint density at radius 2 is 1.73 bits per heavy atom. The molecule has 0 radical (unpaired) electrons. The summed E-state index contributed by atoms with van der Waals surface area (Å²) in [6, 6.07) is 11.3. The van der Waals surface area contributed by atoms with Crippen LogP contribution in [0.1, 0.15) is 18.1 Å². The molecular formula is C19H24N2O4S. The second-order valence-electron chi connectivity index (χ2n) is 6.24. The predicted molar refractivity (Wildman–Crippen MR) is 104 cm³/mol. The van der Waals surface area contributed by atoms with Gasteiger partial charge in [-0.15, -0.1) is 0 Å². The van der Waals surface area contributed by atoms with Crippen LogP contribution in [0.25, 0.3) is 0 Å². The van der Waals surface area contributed by atoms with Crippen molar-refractivity contribution in [1.82, 2.24) is 0 Å². The molecule has 0 spiro atoms. The Balaban J connectivity index is 2.30. The first kappa shape index (κ1) is 19.8. The van der Waals surface area contributed by atoms with Gasteiger partial charge in [0, 0.05) is 5.69 Å². The van der Waals surface area contributed by atoms with Gasteiger partial charge in [0.2, 0.25) is 15.9 Å². The van der Waals surface area contributed by atoms with E-state index in [9.17, 15) is 13.2 Å². The van der Waals surface area contributed by atoms with Gasteiger partial charge in [-0.05, 0) is 56.7 Å². The Hall–Kier alpha value is -2.54. The molecule has 6 nitrogen and oxygen atoms in total. The van der Waals surface area contributed by atoms with E-state index in [2.05, 4.69) is 5.32 Å². The Morgan fingerprint density at radius 3 is 2.23 bits per heavy atom. The summed E-state index contributed by atoms with van der Waals surface area (Å²) < 4.78 is 30.8. The molecule has 0 aromatic heterocycles. The molecule has 2 aromatic carbocycles. The highest BCUT2D eigenvalue weighted by Gasteiger charge is 2.29. The van der Waals surface area contributed by atoms with E-state index in [4.69, 9.17) is 4.74 Å². The SMILES string of the molecule is COc1ccc(N([C@H](C)C(=O)Nc2ccc(C)cc2C)S(C)(=O)=O)cc1. The lowest BCUT2D eigenvalue weighted by molar-refractivity contribution is -0.116. The van der Waals surface area contributed by atoms with E-state index < -0.39 is 22.0 Å². The van der Waals surface area contributed by atoms with Crippen molar-refractivity contribution < 1.29 is 17.9 Å². The lowest BCUT2D eigenvalue weighted by Crippen LogP contribution is -2.45. The van der Waals surface area contributed by atoms with E-state index >= 15 is 0 Å². The number of methoxy groups -OCH3 is 1. The number of hydrogen-bond acceptors (Lipinski definition) is 4. The van der Waals surface area contributed by atoms with Gasteiger partial charge in [0.15, 0.2) is 0 Å². The number of anilines is 2. The lowest BCUT2D eigenvalue weighted by Gasteiger charge is -2.28. The van der Waals surface area contributed by atoms with Gasteiger partial charge in [-0.3, -0.25) is 9.10 Å². The summed E-state index contributed by atoms with van der Waals surface area (Å²) in [4.78, 5) is 12.7. The van der Waals surface area contributed by atoms with Crippen LogP contribution in [0.15, 0.2) is 42.5 Å². The summed E-state index contributed by atoms with van der Waals surface area (Å²) >= 11 is 0. The van der Waals surface area contributed by atoms with Crippen LogP contribution in [0, 0.1) is 13.8 Å². The normalized spacial score (nSPS) is 12.3. The summed E-state index contributed by atoms with van der Waals surface area (Å²) in [5.41, 5.74) is 3.07. The van der Waals surface area contributed by atoms with Gasteiger partial charge in [-0.25, -0.2) is 8.42 Å². The second kappa shape index (κ2) is 7.78. The van der Waals surface area contributed by atoms with Gasteiger partial charge in [-0.2, -0.15) is 0 Å². The molecule has 26 heavy (non-hydrogen) atoms. The van der Waals surface area contributed by atoms with E-state index in [0.717, 1.165) is 21.7 Å². The Kier molecular flexibility index (Phi) is 5.92. The van der Waals surface area contributed by atoms with Crippen LogP contribution >= 0.6 is 0 Å². The summed E-state index contributed by atoms with van der Waals surface area (Å²) in [6.45, 7) is 5.42. The first-order valence-corrected chi connectivity index (χ1v) is 10.00. The molecule has 0 saturated heterocycles. The topological polar surface area (TPSA) is 75.7 Å². The predicted octanol–water partition coefficient (Wildman–Crippen LogP) is 3.11. The molecule has 1 atom stereocenters. The summed E-state index contributed by atoms with van der Waals surface area (Å²) in [7, 11) is -2.13. The highest BCUT2D eigenvalue weighted by molar-refractivity contribution is 7.92. The third-order valence-electron chi connectivity index (χ3n) is 4.06. The fourth-order valence-corrected chi connectivity index (χ4v) is 3.90. The number of carbonyl (C=O) groups excluding carboxylic acids is 1. The molecule has 1 amide bonds. The van der Waals surface area contributed by atoms with Crippen molar-refractivity contribution in [2.75, 3.05) is 23.0 Å². The van der Waals surface area contributed by atoms with Crippen LogP contribution in [0.3, 0.4) is 0 Å². The molecule has 1 N–H and O–H groups in total. The molecule has 0 aliphatic carbocycles. The fourth-order valence-electron chi connectivity index (χ4n) is 2.73. The van der Waals surface area contributed by atoms with Gasteiger partial charge in [-0.1, -0.05) is 17.7 Å². The second-order valence-corrected chi connectivity index (χ2v) is 8.10. The number of ether oxygens (including phenoxy) is 1. The molecular weight excluding hydrogens is 352 g/mol. The number of carbonyl (C=O) groups is 1. The standard InChI is InChI=1S/C19H24N2O4S/c1-13-6-11-18(14(2)12-13)20-19(22)15(3)21(26(5,23)24)16-7-9-17(25-4)10-8-16/h6-12,15H,1-5H3,(H,20,22)/t15-/m1/s1. The van der Waals surface area contributed by atoms with E-state index in [-0.39, 0.29) is 0 Å². The number of benzene rings is 2. The van der Waals surface area contributed by atoms with E-state index in [1.165, 1.54) is 7.11 Å². The number of rotatable bonds is 6. The molecule has 2 aromatic rings. The molecule has 0 unspecified atom stereocenters. The summed E-state index contributed by atoms with van der Waals surface area (Å²) in [6.07, 6.45) is 1.08. The number of amides is 1. The van der Waals surface area contributed by atoms with Crippen LogP contribution < -0.4 is 14.4 Å². The van der Waals surface area contributed by atoms with Crippen LogP contribution in [0.4, 0.5) is 11.4 Å². The van der Waals surface area contributed by atoms with Crippen LogP contribution in [0.2, 0.25) is 0 Å². The van der Waals surface area contributed by atoms with Crippen LogP contribution in [0.5, 0.6) is 5.75 Å². The molecule has 0 bridgehead atoms. The number of nitrogens with one attached hydrogen (secondary N) is 1. The largest absolute Gasteiger partial charge is 0.497 e. The Morgan fingerprint density at radius 1 is 1.12 bits per heavy atom. The first-order valence-electron chi connectivity index (χ1n) is 8.15. The number of aryl methyl sites for hydroxylation is 2. The van der Waals surface area contributed by atoms with Gasteiger partial charge in [0.1, 0.15) is 11.8 Å². The van der Waals surface area contributed by atoms with Crippen molar-refractivity contribution >= 4 is 27.3 Å². The minimum atomic E-state index is -3.66. The number of nitrogens with zero attached hydrogens (tertiary/aromatic N) is 1. The monoisotopic (exact) mass is 376 g/mol. The summed E-state index contributed by atoms with van der Waals surface area (Å²) in [5.74, 6) is 0.202. The highest BCUT2D eigenvalue weighted by Crippen LogP contribution is 2.25. The van der Waals surface area contributed by atoms with E-state index in [1.54, 1.807) is 31.2 Å². The maximum atomic E-state index is 12.7. The zero-order valence-corrected chi connectivity index (χ0v) is 16.4. The Labute approximate surface area is 154 Å². The maximum absolute atomic E-state index is 12.7. The lowest BCUT2D eigenvalue weighted by atomic mass is 10.1. The number of hydrogen-bond donors (Lipinski definition) is 1. The van der Waals surface area contributed by atoms with Crippen LogP contribution in [-0.4, -0.2) is 33.7 Å². The zero-order valence-electron chi connectivity index (χ0n) is 15.6. The molecule has 2 rings (SSSR count). The van der Waals surface area contributed by atoms with Gasteiger partial charge in [0.05, 0.1) is 19.1 Å². The summed E-state index contributed by atoms with van der Waals surface area (Å²) in [5, 5.41) is 2.81. The van der Waals surface area contributed by atoms with Gasteiger partial charge in [0.25, 0.3) is 0 Å². The van der Waals surface area contributed by atoms with Crippen molar-refractivity contribution in [3.05, 3.63) is 53.6 Å². The van der Waals surface area contributed by atoms with Crippen molar-refractivity contribution in [1.29, 1.82) is 0 Å². The van der Waals surface area contributed by atoms with Gasteiger partial charge >= 0.3 is 0 Å². The molecule has 0 aliphatic rings. The fraction of sp³-hybridized carbons (Fsp3) is 0.316. The average Bonchev–Trinajstić information content (AvgIpc) is 2.56. The van der Waals surface area contributed by atoms with Crippen molar-refractivity contribution in [3.8, 4) is 5.75 Å². The van der Waals surface area contributed by atoms with Crippen molar-refractivity contribution in [2.24, 2.45) is 0 Å². The van der Waals surface area contributed by atoms with Crippen LogP contribution in [-0.2, 0) is 14.8 Å². The first-order chi connectivity index (χ1) is 12.1. The van der Waals surface area contributed by atoms with E-state index in [1.807, 2.05) is 32.0 Å². The van der Waals surface area contributed by atoms with E-state index in [0.29, 0.717) is 17.1 Å². The molecule has 0 aliphatic heterocycles. The maximum Gasteiger partial charge on any atom is 0.248 e. The average molecular weight is 376 g/mol. The third-order valence-corrected chi connectivity index (χ3v) is 5.30. The minimum absolute atomic E-state index is 0.400. The molecule has 7 heteroatoms.